The van der Waals surface area contributed by atoms with Crippen LogP contribution < -0.4 is 16.0 Å². The van der Waals surface area contributed by atoms with E-state index < -0.39 is 0 Å². The van der Waals surface area contributed by atoms with Gasteiger partial charge in [-0.1, -0.05) is 39.5 Å². The summed E-state index contributed by atoms with van der Waals surface area (Å²) >= 11 is 10.0. The molecular formula is C16H25N3O2S2. The van der Waals surface area contributed by atoms with E-state index in [2.05, 4.69) is 29.8 Å². The molecule has 0 saturated carbocycles. The second-order valence-electron chi connectivity index (χ2n) is 5.72. The standard InChI is InChI=1S/C16H25N3O2S2/c1-4-6-7-11(5-2)8-9-12(21)13(10(3)20)14-17-15(22)19-16(23)18-14/h11H,4-9H2,1-3H3,(H3,17,18,19,22,23). The van der Waals surface area contributed by atoms with Crippen molar-refractivity contribution in [1.29, 1.82) is 0 Å². The molecule has 0 bridgehead atoms. The van der Waals surface area contributed by atoms with Gasteiger partial charge in [-0.05, 0) is 43.7 Å². The van der Waals surface area contributed by atoms with Gasteiger partial charge in [0.15, 0.2) is 21.8 Å². The number of unbranched alkanes of at least 4 members (excludes halogenated alkanes) is 1. The van der Waals surface area contributed by atoms with Gasteiger partial charge in [-0.3, -0.25) is 9.59 Å². The zero-order chi connectivity index (χ0) is 17.4. The lowest BCUT2D eigenvalue weighted by atomic mass is 9.91. The van der Waals surface area contributed by atoms with Gasteiger partial charge in [0.2, 0.25) is 0 Å². The molecule has 1 aliphatic heterocycles. The van der Waals surface area contributed by atoms with Crippen molar-refractivity contribution in [2.45, 2.75) is 59.3 Å². The lowest BCUT2D eigenvalue weighted by Gasteiger charge is -2.24. The number of ketones is 2. The molecule has 23 heavy (non-hydrogen) atoms. The first-order chi connectivity index (χ1) is 10.9. The second kappa shape index (κ2) is 9.72. The summed E-state index contributed by atoms with van der Waals surface area (Å²) < 4.78 is 0. The summed E-state index contributed by atoms with van der Waals surface area (Å²) in [4.78, 5) is 24.4. The van der Waals surface area contributed by atoms with Crippen LogP contribution in [0.2, 0.25) is 0 Å². The quantitative estimate of drug-likeness (QED) is 0.254. The smallest absolute Gasteiger partial charge is 0.178 e. The highest BCUT2D eigenvalue weighted by Gasteiger charge is 2.24. The highest BCUT2D eigenvalue weighted by molar-refractivity contribution is 7.81. The summed E-state index contributed by atoms with van der Waals surface area (Å²) in [5.74, 6) is 0.347. The Labute approximate surface area is 148 Å². The summed E-state index contributed by atoms with van der Waals surface area (Å²) in [7, 11) is 0. The molecule has 0 aromatic carbocycles. The Balaban J connectivity index is 2.81. The van der Waals surface area contributed by atoms with Gasteiger partial charge in [-0.2, -0.15) is 0 Å². The molecule has 3 N–H and O–H groups in total. The van der Waals surface area contributed by atoms with Crippen molar-refractivity contribution in [2.24, 2.45) is 5.92 Å². The van der Waals surface area contributed by atoms with Crippen LogP contribution >= 0.6 is 24.4 Å². The molecule has 1 unspecified atom stereocenters. The molecule has 1 heterocycles. The lowest BCUT2D eigenvalue weighted by Crippen LogP contribution is -2.54. The second-order valence-corrected chi connectivity index (χ2v) is 6.53. The normalized spacial score (nSPS) is 15.3. The van der Waals surface area contributed by atoms with Crippen molar-refractivity contribution >= 4 is 46.2 Å². The zero-order valence-corrected chi connectivity index (χ0v) is 15.6. The van der Waals surface area contributed by atoms with Crippen LogP contribution in [0.25, 0.3) is 0 Å². The van der Waals surface area contributed by atoms with E-state index in [9.17, 15) is 9.59 Å². The largest absolute Gasteiger partial charge is 0.318 e. The van der Waals surface area contributed by atoms with E-state index in [0.717, 1.165) is 25.7 Å². The van der Waals surface area contributed by atoms with Gasteiger partial charge in [0, 0.05) is 6.42 Å². The minimum absolute atomic E-state index is 0.113. The van der Waals surface area contributed by atoms with Crippen molar-refractivity contribution in [3.63, 3.8) is 0 Å². The Kier molecular flexibility index (Phi) is 8.33. The van der Waals surface area contributed by atoms with Crippen LogP contribution in [0, 0.1) is 5.92 Å². The van der Waals surface area contributed by atoms with Crippen molar-refractivity contribution in [1.82, 2.24) is 16.0 Å². The fraction of sp³-hybridized carbons (Fsp3) is 0.625. The summed E-state index contributed by atoms with van der Waals surface area (Å²) in [6, 6.07) is 0. The Bertz CT molecular complexity index is 511. The van der Waals surface area contributed by atoms with E-state index in [-0.39, 0.29) is 33.2 Å². The number of nitrogens with one attached hydrogen (secondary N) is 3. The Morgan fingerprint density at radius 1 is 1.04 bits per heavy atom. The number of Topliss-reactive ketones (excluding diaryl/α,β-unsaturated/α-hetero) is 2. The minimum Gasteiger partial charge on any atom is -0.318 e. The molecule has 1 rings (SSSR count). The number of carbonyl (C=O) groups is 2. The Morgan fingerprint density at radius 2 is 1.65 bits per heavy atom. The molecule has 1 fully saturated rings. The van der Waals surface area contributed by atoms with E-state index >= 15 is 0 Å². The van der Waals surface area contributed by atoms with Gasteiger partial charge in [0.1, 0.15) is 11.4 Å². The van der Waals surface area contributed by atoms with Crippen LogP contribution in [0.1, 0.15) is 59.3 Å². The summed E-state index contributed by atoms with van der Waals surface area (Å²) in [5.41, 5.74) is 0.113. The first kappa shape index (κ1) is 19.7. The average molecular weight is 356 g/mol. The molecular weight excluding hydrogens is 330 g/mol. The number of thiocarbonyl (C=S) groups is 2. The molecule has 128 valence electrons. The fourth-order valence-corrected chi connectivity index (χ4v) is 3.04. The van der Waals surface area contributed by atoms with E-state index in [1.165, 1.54) is 13.3 Å². The Morgan fingerprint density at radius 3 is 2.13 bits per heavy atom. The SMILES string of the molecule is CCCCC(CC)CCC(=O)C(C(C)=O)=C1NC(=S)NC(=S)N1. The van der Waals surface area contributed by atoms with Crippen molar-refractivity contribution < 1.29 is 9.59 Å². The first-order valence-electron chi connectivity index (χ1n) is 8.06. The minimum atomic E-state index is -0.292. The maximum atomic E-state index is 12.5. The molecule has 0 radical (unpaired) electrons. The van der Waals surface area contributed by atoms with Gasteiger partial charge in [-0.25, -0.2) is 0 Å². The topological polar surface area (TPSA) is 70.2 Å². The molecule has 7 heteroatoms. The van der Waals surface area contributed by atoms with Crippen LogP contribution in [0.5, 0.6) is 0 Å². The molecule has 1 saturated heterocycles. The molecule has 0 aromatic heterocycles. The van der Waals surface area contributed by atoms with Gasteiger partial charge in [0.25, 0.3) is 0 Å². The van der Waals surface area contributed by atoms with E-state index in [0.29, 0.717) is 12.3 Å². The van der Waals surface area contributed by atoms with Crippen molar-refractivity contribution in [3.05, 3.63) is 11.4 Å². The van der Waals surface area contributed by atoms with Gasteiger partial charge in [0.05, 0.1) is 0 Å². The van der Waals surface area contributed by atoms with Crippen LogP contribution in [0.3, 0.4) is 0 Å². The van der Waals surface area contributed by atoms with E-state index in [1.807, 2.05) is 0 Å². The number of carbonyl (C=O) groups excluding carboxylic acids is 2. The number of rotatable bonds is 9. The number of allylic oxidation sites excluding steroid dienone is 1. The third kappa shape index (κ3) is 6.35. The van der Waals surface area contributed by atoms with Crippen LogP contribution in [0.4, 0.5) is 0 Å². The summed E-state index contributed by atoms with van der Waals surface area (Å²) in [6.07, 6.45) is 5.66. The highest BCUT2D eigenvalue weighted by Crippen LogP contribution is 2.20. The lowest BCUT2D eigenvalue weighted by molar-refractivity contribution is -0.120. The maximum Gasteiger partial charge on any atom is 0.178 e. The molecule has 0 aliphatic carbocycles. The average Bonchev–Trinajstić information content (AvgIpc) is 2.46. The van der Waals surface area contributed by atoms with Crippen LogP contribution in [0.15, 0.2) is 11.4 Å². The zero-order valence-electron chi connectivity index (χ0n) is 14.0. The predicted molar refractivity (Wildman–Crippen MR) is 99.9 cm³/mol. The number of hydrogen-bond acceptors (Lipinski definition) is 4. The van der Waals surface area contributed by atoms with E-state index in [4.69, 9.17) is 24.4 Å². The summed E-state index contributed by atoms with van der Waals surface area (Å²) in [5, 5.41) is 8.88. The molecule has 1 atom stereocenters. The van der Waals surface area contributed by atoms with Crippen LogP contribution in [-0.4, -0.2) is 21.8 Å². The monoisotopic (exact) mass is 355 g/mol. The molecule has 0 amide bonds. The van der Waals surface area contributed by atoms with Crippen molar-refractivity contribution in [3.8, 4) is 0 Å². The molecule has 0 spiro atoms. The summed E-state index contributed by atoms with van der Waals surface area (Å²) in [6.45, 7) is 5.68. The molecule has 5 nitrogen and oxygen atoms in total. The van der Waals surface area contributed by atoms with E-state index in [1.54, 1.807) is 0 Å². The molecule has 1 aliphatic rings. The van der Waals surface area contributed by atoms with Gasteiger partial charge < -0.3 is 16.0 Å². The van der Waals surface area contributed by atoms with Gasteiger partial charge >= 0.3 is 0 Å². The predicted octanol–water partition coefficient (Wildman–Crippen LogP) is 2.70. The highest BCUT2D eigenvalue weighted by atomic mass is 32.1. The Hall–Kier alpha value is -1.34. The van der Waals surface area contributed by atoms with Gasteiger partial charge in [-0.15, -0.1) is 0 Å². The molecule has 0 aromatic rings. The third-order valence-electron chi connectivity index (χ3n) is 3.91. The maximum absolute atomic E-state index is 12.5. The number of hydrogen-bond donors (Lipinski definition) is 3. The fourth-order valence-electron chi connectivity index (χ4n) is 2.57. The third-order valence-corrected chi connectivity index (χ3v) is 4.32. The first-order valence-corrected chi connectivity index (χ1v) is 8.88. The van der Waals surface area contributed by atoms with Crippen LogP contribution in [-0.2, 0) is 9.59 Å². The van der Waals surface area contributed by atoms with Crippen molar-refractivity contribution in [2.75, 3.05) is 0 Å².